The van der Waals surface area contributed by atoms with Gasteiger partial charge in [-0.15, -0.1) is 10.1 Å². The van der Waals surface area contributed by atoms with E-state index in [4.69, 9.17) is 9.57 Å². The molecule has 0 unspecified atom stereocenters. The minimum atomic E-state index is -0.702. The highest BCUT2D eigenvalue weighted by atomic mass is 17.0. The zero-order valence-electron chi connectivity index (χ0n) is 16.9. The predicted octanol–water partition coefficient (Wildman–Crippen LogP) is 5.10. The van der Waals surface area contributed by atoms with Crippen molar-refractivity contribution in [3.63, 3.8) is 0 Å². The molecule has 0 radical (unpaired) electrons. The first-order valence-electron chi connectivity index (χ1n) is 9.92. The molecular formula is C21H31NO5. The predicted molar refractivity (Wildman–Crippen MR) is 103 cm³/mol. The van der Waals surface area contributed by atoms with Gasteiger partial charge >= 0.3 is 0 Å². The van der Waals surface area contributed by atoms with Gasteiger partial charge < -0.3 is 14.7 Å². The van der Waals surface area contributed by atoms with Crippen LogP contribution in [-0.2, 0) is 10.3 Å². The molecule has 3 atom stereocenters. The third kappa shape index (κ3) is 3.71. The second-order valence-electron chi connectivity index (χ2n) is 9.22. The summed E-state index contributed by atoms with van der Waals surface area (Å²) in [6, 6.07) is 3.91. The Balaban J connectivity index is 2.02. The van der Waals surface area contributed by atoms with Crippen molar-refractivity contribution in [3.05, 3.63) is 33.4 Å². The maximum Gasteiger partial charge on any atom is 0.294 e. The lowest BCUT2D eigenvalue weighted by atomic mass is 9.65. The Kier molecular flexibility index (Phi) is 5.04. The van der Waals surface area contributed by atoms with E-state index in [9.17, 15) is 15.2 Å². The molecule has 0 saturated heterocycles. The molecule has 0 bridgehead atoms. The standard InChI is InChI=1S/C21H31NO5/c1-6-9-20(2,3)13-10-17(23)19-15-12-14(27-22(24)25)7-8-16(15)21(4,5)26-18(19)11-13/h10-11,14-16,23H,6-9,12H2,1-5H3/t14-,15-,16-/m1/s1. The van der Waals surface area contributed by atoms with E-state index in [0.29, 0.717) is 18.6 Å². The summed E-state index contributed by atoms with van der Waals surface area (Å²) in [5.74, 6) is 1.13. The lowest BCUT2D eigenvalue weighted by Gasteiger charge is -2.49. The fourth-order valence-electron chi connectivity index (χ4n) is 5.09. The van der Waals surface area contributed by atoms with Crippen LogP contribution in [0.5, 0.6) is 11.5 Å². The van der Waals surface area contributed by atoms with Crippen LogP contribution in [0, 0.1) is 16.0 Å². The second kappa shape index (κ2) is 6.88. The highest BCUT2D eigenvalue weighted by molar-refractivity contribution is 5.53. The summed E-state index contributed by atoms with van der Waals surface area (Å²) in [4.78, 5) is 15.7. The van der Waals surface area contributed by atoms with Crippen LogP contribution in [0.2, 0.25) is 0 Å². The monoisotopic (exact) mass is 377 g/mol. The third-order valence-electron chi connectivity index (χ3n) is 6.45. The van der Waals surface area contributed by atoms with Gasteiger partial charge in [0.1, 0.15) is 23.2 Å². The molecule has 1 aliphatic heterocycles. The Labute approximate surface area is 161 Å². The molecule has 27 heavy (non-hydrogen) atoms. The van der Waals surface area contributed by atoms with E-state index in [1.54, 1.807) is 0 Å². The molecule has 1 saturated carbocycles. The first-order valence-corrected chi connectivity index (χ1v) is 9.92. The maximum absolute atomic E-state index is 10.9. The van der Waals surface area contributed by atoms with Crippen molar-refractivity contribution >= 4 is 0 Å². The molecule has 1 heterocycles. The Morgan fingerprint density at radius 2 is 2.07 bits per heavy atom. The Morgan fingerprint density at radius 1 is 1.37 bits per heavy atom. The van der Waals surface area contributed by atoms with Crippen molar-refractivity contribution in [1.82, 2.24) is 0 Å². The van der Waals surface area contributed by atoms with Crippen molar-refractivity contribution in [2.24, 2.45) is 5.92 Å². The zero-order valence-corrected chi connectivity index (χ0v) is 16.9. The number of phenols is 1. The summed E-state index contributed by atoms with van der Waals surface area (Å²) >= 11 is 0. The number of hydrogen-bond donors (Lipinski definition) is 1. The zero-order chi connectivity index (χ0) is 20.0. The fraction of sp³-hybridized carbons (Fsp3) is 0.714. The number of nitrogens with zero attached hydrogens (tertiary/aromatic N) is 1. The minimum absolute atomic E-state index is 0.00853. The molecule has 2 aliphatic rings. The quantitative estimate of drug-likeness (QED) is 0.570. The number of phenolic OH excluding ortho intramolecular Hbond substituents is 1. The number of aromatic hydroxyl groups is 1. The smallest absolute Gasteiger partial charge is 0.294 e. The Morgan fingerprint density at radius 3 is 2.70 bits per heavy atom. The van der Waals surface area contributed by atoms with Crippen LogP contribution in [-0.4, -0.2) is 21.9 Å². The van der Waals surface area contributed by atoms with Gasteiger partial charge in [-0.2, -0.15) is 0 Å². The Bertz CT molecular complexity index is 728. The Hall–Kier alpha value is -1.98. The van der Waals surface area contributed by atoms with Crippen molar-refractivity contribution in [1.29, 1.82) is 0 Å². The second-order valence-corrected chi connectivity index (χ2v) is 9.22. The normalized spacial score (nSPS) is 26.5. The minimum Gasteiger partial charge on any atom is -0.508 e. The van der Waals surface area contributed by atoms with Gasteiger partial charge in [0.25, 0.3) is 5.09 Å². The van der Waals surface area contributed by atoms with Gasteiger partial charge in [0, 0.05) is 11.5 Å². The molecule has 150 valence electrons. The van der Waals surface area contributed by atoms with Crippen LogP contribution in [0.3, 0.4) is 0 Å². The largest absolute Gasteiger partial charge is 0.508 e. The molecular weight excluding hydrogens is 346 g/mol. The summed E-state index contributed by atoms with van der Waals surface area (Å²) in [6.45, 7) is 10.7. The van der Waals surface area contributed by atoms with E-state index < -0.39 is 16.8 Å². The first-order chi connectivity index (χ1) is 12.5. The SMILES string of the molecule is CCCC(C)(C)c1cc(O)c2c(c1)OC(C)(C)[C@@H]1CC[C@@H](O[N+](=O)[O-])C[C@@H]21. The van der Waals surface area contributed by atoms with Crippen molar-refractivity contribution in [3.8, 4) is 11.5 Å². The molecule has 0 spiro atoms. The van der Waals surface area contributed by atoms with Crippen molar-refractivity contribution in [2.75, 3.05) is 0 Å². The van der Waals surface area contributed by atoms with E-state index in [2.05, 4.69) is 40.7 Å². The topological polar surface area (TPSA) is 81.8 Å². The number of rotatable bonds is 5. The maximum atomic E-state index is 10.9. The molecule has 1 fully saturated rings. The number of fused-ring (bicyclic) bond motifs is 3. The van der Waals surface area contributed by atoms with E-state index in [-0.39, 0.29) is 23.0 Å². The van der Waals surface area contributed by atoms with Gasteiger partial charge in [0.05, 0.1) is 0 Å². The molecule has 6 heteroatoms. The van der Waals surface area contributed by atoms with Gasteiger partial charge in [-0.25, -0.2) is 0 Å². The molecule has 1 aromatic carbocycles. The highest BCUT2D eigenvalue weighted by Crippen LogP contribution is 2.55. The van der Waals surface area contributed by atoms with Gasteiger partial charge in [0.15, 0.2) is 0 Å². The summed E-state index contributed by atoms with van der Waals surface area (Å²) in [6.07, 6.45) is 3.57. The summed E-state index contributed by atoms with van der Waals surface area (Å²) in [7, 11) is 0. The molecule has 1 aliphatic carbocycles. The summed E-state index contributed by atoms with van der Waals surface area (Å²) in [5.41, 5.74) is 1.39. The lowest BCUT2D eigenvalue weighted by Crippen LogP contribution is -2.48. The number of benzene rings is 1. The van der Waals surface area contributed by atoms with Crippen LogP contribution in [0.15, 0.2) is 12.1 Å². The number of hydrogen-bond acceptors (Lipinski definition) is 5. The molecule has 0 aromatic heterocycles. The van der Waals surface area contributed by atoms with Gasteiger partial charge in [-0.1, -0.05) is 27.2 Å². The highest BCUT2D eigenvalue weighted by Gasteiger charge is 2.48. The van der Waals surface area contributed by atoms with Crippen molar-refractivity contribution in [2.45, 2.75) is 89.8 Å². The molecule has 1 N–H and O–H groups in total. The van der Waals surface area contributed by atoms with Gasteiger partial charge in [-0.3, -0.25) is 0 Å². The average molecular weight is 377 g/mol. The summed E-state index contributed by atoms with van der Waals surface area (Å²) < 4.78 is 6.37. The van der Waals surface area contributed by atoms with Crippen LogP contribution < -0.4 is 4.74 Å². The molecule has 1 aromatic rings. The van der Waals surface area contributed by atoms with E-state index >= 15 is 0 Å². The lowest BCUT2D eigenvalue weighted by molar-refractivity contribution is -0.769. The van der Waals surface area contributed by atoms with Gasteiger partial charge in [-0.05, 0) is 68.6 Å². The first kappa shape index (κ1) is 19.8. The number of ether oxygens (including phenoxy) is 1. The van der Waals surface area contributed by atoms with E-state index in [1.165, 1.54) is 0 Å². The average Bonchev–Trinajstić information content (AvgIpc) is 2.52. The molecule has 3 rings (SSSR count). The molecule has 0 amide bonds. The third-order valence-corrected chi connectivity index (χ3v) is 6.45. The van der Waals surface area contributed by atoms with E-state index in [1.807, 2.05) is 6.07 Å². The summed E-state index contributed by atoms with van der Waals surface area (Å²) in [5, 5.41) is 21.0. The van der Waals surface area contributed by atoms with Crippen LogP contribution in [0.1, 0.15) is 83.8 Å². The van der Waals surface area contributed by atoms with Crippen LogP contribution in [0.25, 0.3) is 0 Å². The van der Waals surface area contributed by atoms with Crippen LogP contribution >= 0.6 is 0 Å². The van der Waals surface area contributed by atoms with Crippen LogP contribution in [0.4, 0.5) is 0 Å². The fourth-order valence-corrected chi connectivity index (χ4v) is 5.09. The van der Waals surface area contributed by atoms with E-state index in [0.717, 1.165) is 30.4 Å². The van der Waals surface area contributed by atoms with Gasteiger partial charge in [0.2, 0.25) is 0 Å². The van der Waals surface area contributed by atoms with Crippen molar-refractivity contribution < 1.29 is 19.8 Å². The molecule has 6 nitrogen and oxygen atoms in total.